The maximum absolute atomic E-state index is 12.6. The van der Waals surface area contributed by atoms with Crippen molar-refractivity contribution in [1.29, 1.82) is 0 Å². The van der Waals surface area contributed by atoms with E-state index in [2.05, 4.69) is 9.72 Å². The lowest BCUT2D eigenvalue weighted by atomic mass is 10.1. The van der Waals surface area contributed by atoms with Gasteiger partial charge in [-0.25, -0.2) is 14.3 Å². The zero-order valence-corrected chi connectivity index (χ0v) is 16.7. The molecule has 8 heteroatoms. The van der Waals surface area contributed by atoms with Gasteiger partial charge in [-0.05, 0) is 39.0 Å². The highest BCUT2D eigenvalue weighted by molar-refractivity contribution is 6.01. The number of furan rings is 1. The summed E-state index contributed by atoms with van der Waals surface area (Å²) in [6.07, 6.45) is 4.05. The van der Waals surface area contributed by atoms with Crippen LogP contribution in [0.25, 0.3) is 22.2 Å². The molecule has 3 rings (SSSR count). The number of carbonyl (C=O) groups is 3. The lowest BCUT2D eigenvalue weighted by Gasteiger charge is -2.19. The molecule has 0 aliphatic heterocycles. The molecule has 0 fully saturated rings. The molecule has 0 radical (unpaired) electrons. The first-order valence-electron chi connectivity index (χ1n) is 9.08. The largest absolute Gasteiger partial charge is 0.469 e. The molecule has 8 nitrogen and oxygen atoms in total. The van der Waals surface area contributed by atoms with Crippen molar-refractivity contribution in [1.82, 2.24) is 9.55 Å². The number of ether oxygens (including phenoxy) is 2. The molecule has 0 atom stereocenters. The summed E-state index contributed by atoms with van der Waals surface area (Å²) in [5.74, 6) is -0.641. The number of carbonyl (C=O) groups excluding carboxylic acids is 3. The maximum Gasteiger partial charge on any atom is 0.420 e. The van der Waals surface area contributed by atoms with E-state index >= 15 is 0 Å². The number of methoxy groups -OCH3 is 1. The minimum absolute atomic E-state index is 0.0130. The highest BCUT2D eigenvalue weighted by atomic mass is 16.6. The minimum atomic E-state index is -0.655. The van der Waals surface area contributed by atoms with Gasteiger partial charge in [0.05, 0.1) is 19.8 Å². The first-order chi connectivity index (χ1) is 13.7. The summed E-state index contributed by atoms with van der Waals surface area (Å²) in [6.45, 7) is 5.35. The van der Waals surface area contributed by atoms with Gasteiger partial charge in [-0.3, -0.25) is 9.59 Å². The summed E-state index contributed by atoms with van der Waals surface area (Å²) in [4.78, 5) is 40.4. The fraction of sp³-hybridized carbons (Fsp3) is 0.333. The van der Waals surface area contributed by atoms with E-state index in [1.54, 1.807) is 45.3 Å². The van der Waals surface area contributed by atoms with Crippen molar-refractivity contribution in [2.24, 2.45) is 0 Å². The number of pyridine rings is 1. The molecule has 0 bridgehead atoms. The van der Waals surface area contributed by atoms with Gasteiger partial charge in [-0.1, -0.05) is 0 Å². The number of hydrogen-bond acceptors (Lipinski definition) is 7. The second-order valence-corrected chi connectivity index (χ2v) is 7.47. The molecule has 0 amide bonds. The van der Waals surface area contributed by atoms with E-state index in [1.165, 1.54) is 17.9 Å². The Morgan fingerprint density at radius 2 is 1.97 bits per heavy atom. The van der Waals surface area contributed by atoms with Gasteiger partial charge >= 0.3 is 12.1 Å². The number of nitrogens with zero attached hydrogens (tertiary/aromatic N) is 2. The number of aromatic nitrogens is 2. The lowest BCUT2D eigenvalue weighted by molar-refractivity contribution is -0.140. The molecule has 0 aromatic carbocycles. The third kappa shape index (κ3) is 4.53. The number of ketones is 1. The normalized spacial score (nSPS) is 11.4. The summed E-state index contributed by atoms with van der Waals surface area (Å²) in [7, 11) is 1.27. The van der Waals surface area contributed by atoms with Crippen molar-refractivity contribution in [3.63, 3.8) is 0 Å². The summed E-state index contributed by atoms with van der Waals surface area (Å²) in [6, 6.07) is 5.17. The second-order valence-electron chi connectivity index (χ2n) is 7.47. The van der Waals surface area contributed by atoms with Crippen molar-refractivity contribution >= 4 is 28.9 Å². The van der Waals surface area contributed by atoms with Crippen molar-refractivity contribution in [2.45, 2.75) is 39.2 Å². The van der Waals surface area contributed by atoms with E-state index in [0.29, 0.717) is 22.2 Å². The van der Waals surface area contributed by atoms with Crippen LogP contribution in [0.1, 0.15) is 44.2 Å². The van der Waals surface area contributed by atoms with Crippen molar-refractivity contribution in [3.05, 3.63) is 42.6 Å². The molecule has 29 heavy (non-hydrogen) atoms. The predicted molar refractivity (Wildman–Crippen MR) is 105 cm³/mol. The second kappa shape index (κ2) is 7.90. The Hall–Kier alpha value is -3.42. The average Bonchev–Trinajstić information content (AvgIpc) is 3.29. The summed E-state index contributed by atoms with van der Waals surface area (Å²) in [5.41, 5.74) is 1.08. The number of Topliss-reactive ketones (excluding diaryl/α,β-unsaturated/α-hetero) is 1. The van der Waals surface area contributed by atoms with Gasteiger partial charge in [-0.2, -0.15) is 0 Å². The Kier molecular flexibility index (Phi) is 5.54. The fourth-order valence-electron chi connectivity index (χ4n) is 2.80. The van der Waals surface area contributed by atoms with Crippen LogP contribution in [0.15, 0.2) is 41.3 Å². The van der Waals surface area contributed by atoms with Crippen molar-refractivity contribution in [3.8, 4) is 11.1 Å². The SMILES string of the molecule is COC(=O)CCC(=O)c1cc(-c2cn(C(=O)OC(C)(C)C)c3ncccc23)co1. The topological polar surface area (TPSA) is 101 Å². The molecular weight excluding hydrogens is 376 g/mol. The Morgan fingerprint density at radius 1 is 1.21 bits per heavy atom. The van der Waals surface area contributed by atoms with Gasteiger partial charge in [0.25, 0.3) is 0 Å². The molecule has 0 aliphatic carbocycles. The van der Waals surface area contributed by atoms with Crippen LogP contribution < -0.4 is 0 Å². The number of esters is 1. The van der Waals surface area contributed by atoms with Crippen LogP contribution in [-0.4, -0.2) is 40.1 Å². The third-order valence-corrected chi connectivity index (χ3v) is 4.12. The molecular formula is C21H22N2O6. The summed E-state index contributed by atoms with van der Waals surface area (Å²) >= 11 is 0. The Labute approximate surface area is 167 Å². The summed E-state index contributed by atoms with van der Waals surface area (Å²) < 4.78 is 16.7. The standard InChI is InChI=1S/C21H22N2O6/c1-21(2,3)29-20(26)23-11-15(14-6-5-9-22-19(14)23)13-10-17(28-12-13)16(24)7-8-18(25)27-4/h5-6,9-12H,7-8H2,1-4H3. The van der Waals surface area contributed by atoms with E-state index in [1.807, 2.05) is 6.07 Å². The van der Waals surface area contributed by atoms with E-state index in [-0.39, 0.29) is 24.4 Å². The zero-order valence-electron chi connectivity index (χ0n) is 16.7. The Bertz CT molecular complexity index is 1070. The molecule has 3 heterocycles. The van der Waals surface area contributed by atoms with Gasteiger partial charge in [-0.15, -0.1) is 0 Å². The first-order valence-corrected chi connectivity index (χ1v) is 9.08. The quantitative estimate of drug-likeness (QED) is 0.468. The molecule has 0 aliphatic rings. The monoisotopic (exact) mass is 398 g/mol. The van der Waals surface area contributed by atoms with Crippen LogP contribution in [0, 0.1) is 0 Å². The highest BCUT2D eigenvalue weighted by Crippen LogP contribution is 2.31. The van der Waals surface area contributed by atoms with E-state index < -0.39 is 17.7 Å². The fourth-order valence-corrected chi connectivity index (χ4v) is 2.80. The van der Waals surface area contributed by atoms with Gasteiger partial charge in [0.15, 0.2) is 11.5 Å². The van der Waals surface area contributed by atoms with Crippen LogP contribution in [0.4, 0.5) is 4.79 Å². The third-order valence-electron chi connectivity index (χ3n) is 4.12. The zero-order chi connectivity index (χ0) is 21.2. The molecule has 152 valence electrons. The van der Waals surface area contributed by atoms with Gasteiger partial charge < -0.3 is 13.9 Å². The maximum atomic E-state index is 12.6. The molecule has 0 N–H and O–H groups in total. The number of hydrogen-bond donors (Lipinski definition) is 0. The van der Waals surface area contributed by atoms with Crippen molar-refractivity contribution in [2.75, 3.05) is 7.11 Å². The molecule has 0 spiro atoms. The van der Waals surface area contributed by atoms with Gasteiger partial charge in [0.1, 0.15) is 11.2 Å². The van der Waals surface area contributed by atoms with Crippen LogP contribution in [-0.2, 0) is 14.3 Å². The van der Waals surface area contributed by atoms with Gasteiger partial charge in [0, 0.05) is 35.3 Å². The lowest BCUT2D eigenvalue weighted by Crippen LogP contribution is -2.26. The first kappa shape index (κ1) is 20.3. The Morgan fingerprint density at radius 3 is 2.66 bits per heavy atom. The van der Waals surface area contributed by atoms with Crippen molar-refractivity contribution < 1.29 is 28.3 Å². The summed E-state index contributed by atoms with van der Waals surface area (Å²) in [5, 5.41) is 0.715. The average molecular weight is 398 g/mol. The molecule has 0 saturated heterocycles. The highest BCUT2D eigenvalue weighted by Gasteiger charge is 2.23. The van der Waals surface area contributed by atoms with E-state index in [4.69, 9.17) is 9.15 Å². The smallest absolute Gasteiger partial charge is 0.420 e. The van der Waals surface area contributed by atoms with Crippen LogP contribution in [0.2, 0.25) is 0 Å². The van der Waals surface area contributed by atoms with E-state index in [0.717, 1.165) is 0 Å². The van der Waals surface area contributed by atoms with Crippen LogP contribution in [0.5, 0.6) is 0 Å². The van der Waals surface area contributed by atoms with Crippen LogP contribution >= 0.6 is 0 Å². The molecule has 3 aromatic heterocycles. The van der Waals surface area contributed by atoms with Gasteiger partial charge in [0.2, 0.25) is 0 Å². The molecule has 3 aromatic rings. The number of rotatable bonds is 5. The molecule has 0 saturated carbocycles. The van der Waals surface area contributed by atoms with Crippen LogP contribution in [0.3, 0.4) is 0 Å². The minimum Gasteiger partial charge on any atom is -0.469 e. The van der Waals surface area contributed by atoms with E-state index in [9.17, 15) is 14.4 Å². The predicted octanol–water partition coefficient (Wildman–Crippen LogP) is 4.22. The number of fused-ring (bicyclic) bond motifs is 1. The molecule has 0 unspecified atom stereocenters. The Balaban J connectivity index is 1.93.